The fraction of sp³-hybridized carbons (Fsp3) is 0.333. The van der Waals surface area contributed by atoms with Crippen molar-refractivity contribution in [2.45, 2.75) is 30.4 Å². The Morgan fingerprint density at radius 2 is 1.89 bits per heavy atom. The van der Waals surface area contributed by atoms with Crippen LogP contribution in [-0.4, -0.2) is 33.4 Å². The van der Waals surface area contributed by atoms with Crippen LogP contribution in [0.15, 0.2) is 46.0 Å². The monoisotopic (exact) mass is 410 g/mol. The van der Waals surface area contributed by atoms with Crippen molar-refractivity contribution in [1.82, 2.24) is 4.72 Å². The van der Waals surface area contributed by atoms with Crippen molar-refractivity contribution in [1.29, 1.82) is 0 Å². The fourth-order valence-electron chi connectivity index (χ4n) is 2.29. The van der Waals surface area contributed by atoms with E-state index in [1.54, 1.807) is 17.5 Å². The lowest BCUT2D eigenvalue weighted by Crippen LogP contribution is -2.27. The summed E-state index contributed by atoms with van der Waals surface area (Å²) in [6.45, 7) is 3.50. The standard InChI is InChI=1S/C18H22N2O5S2/c1-13(2)14-6-3-4-7-15(14)20-16(21)12-25-17(22)9-10-19-27(23,24)18-8-5-11-26-18/h3-8,11,13,19H,9-10,12H2,1-2H3,(H,20,21). The molecule has 1 amide bonds. The maximum absolute atomic E-state index is 12.0. The SMILES string of the molecule is CC(C)c1ccccc1NC(=O)COC(=O)CCNS(=O)(=O)c1cccs1. The summed E-state index contributed by atoms with van der Waals surface area (Å²) < 4.78 is 31.2. The van der Waals surface area contributed by atoms with Crippen LogP contribution in [0.2, 0.25) is 0 Å². The first kappa shape index (κ1) is 21.1. The van der Waals surface area contributed by atoms with Gasteiger partial charge in [-0.1, -0.05) is 38.1 Å². The molecule has 27 heavy (non-hydrogen) atoms. The molecule has 2 rings (SSSR count). The zero-order chi connectivity index (χ0) is 19.9. The summed E-state index contributed by atoms with van der Waals surface area (Å²) in [7, 11) is -3.62. The van der Waals surface area contributed by atoms with Crippen molar-refractivity contribution < 1.29 is 22.7 Å². The molecule has 0 aliphatic heterocycles. The van der Waals surface area contributed by atoms with E-state index in [2.05, 4.69) is 10.0 Å². The second kappa shape index (κ2) is 9.63. The number of carbonyl (C=O) groups excluding carboxylic acids is 2. The Bertz CT molecular complexity index is 877. The molecule has 9 heteroatoms. The Kier molecular flexibility index (Phi) is 7.52. The number of thiophene rings is 1. The smallest absolute Gasteiger partial charge is 0.307 e. The Morgan fingerprint density at radius 1 is 1.15 bits per heavy atom. The molecule has 0 bridgehead atoms. The highest BCUT2D eigenvalue weighted by Crippen LogP contribution is 2.23. The van der Waals surface area contributed by atoms with E-state index in [-0.39, 0.29) is 23.1 Å². The maximum atomic E-state index is 12.0. The Morgan fingerprint density at radius 3 is 2.56 bits per heavy atom. The number of ether oxygens (including phenoxy) is 1. The molecule has 0 aliphatic rings. The van der Waals surface area contributed by atoms with E-state index in [9.17, 15) is 18.0 Å². The van der Waals surface area contributed by atoms with E-state index in [0.717, 1.165) is 16.9 Å². The molecule has 7 nitrogen and oxygen atoms in total. The third-order valence-electron chi connectivity index (χ3n) is 3.60. The number of esters is 1. The second-order valence-electron chi connectivity index (χ2n) is 6.03. The Labute approximate surface area is 162 Å². The zero-order valence-electron chi connectivity index (χ0n) is 15.1. The minimum atomic E-state index is -3.62. The van der Waals surface area contributed by atoms with E-state index in [1.807, 2.05) is 32.0 Å². The molecule has 2 N–H and O–H groups in total. The second-order valence-corrected chi connectivity index (χ2v) is 8.97. The van der Waals surface area contributed by atoms with Crippen LogP contribution >= 0.6 is 11.3 Å². The van der Waals surface area contributed by atoms with Gasteiger partial charge in [-0.15, -0.1) is 11.3 Å². The van der Waals surface area contributed by atoms with Gasteiger partial charge in [0.1, 0.15) is 4.21 Å². The number of benzene rings is 1. The van der Waals surface area contributed by atoms with E-state index in [1.165, 1.54) is 6.07 Å². The first-order valence-electron chi connectivity index (χ1n) is 8.37. The van der Waals surface area contributed by atoms with Gasteiger partial charge >= 0.3 is 5.97 Å². The third-order valence-corrected chi connectivity index (χ3v) is 6.46. The Hall–Kier alpha value is -2.23. The lowest BCUT2D eigenvalue weighted by molar-refractivity contribution is -0.147. The number of anilines is 1. The van der Waals surface area contributed by atoms with Crippen molar-refractivity contribution in [3.63, 3.8) is 0 Å². The van der Waals surface area contributed by atoms with Crippen molar-refractivity contribution in [3.05, 3.63) is 47.3 Å². The van der Waals surface area contributed by atoms with E-state index in [0.29, 0.717) is 5.69 Å². The molecule has 0 radical (unpaired) electrons. The normalized spacial score (nSPS) is 11.4. The molecule has 0 saturated heterocycles. The summed E-state index contributed by atoms with van der Waals surface area (Å²) in [4.78, 5) is 23.7. The number of sulfonamides is 1. The van der Waals surface area contributed by atoms with E-state index < -0.39 is 28.5 Å². The maximum Gasteiger partial charge on any atom is 0.307 e. The third kappa shape index (κ3) is 6.46. The predicted molar refractivity (Wildman–Crippen MR) is 104 cm³/mol. The van der Waals surface area contributed by atoms with Gasteiger partial charge in [0, 0.05) is 12.2 Å². The molecule has 0 saturated carbocycles. The zero-order valence-corrected chi connectivity index (χ0v) is 16.7. The van der Waals surface area contributed by atoms with Crippen LogP contribution in [0.25, 0.3) is 0 Å². The van der Waals surface area contributed by atoms with Gasteiger partial charge in [-0.3, -0.25) is 9.59 Å². The van der Waals surface area contributed by atoms with Gasteiger partial charge in [0.25, 0.3) is 5.91 Å². The number of hydrogen-bond donors (Lipinski definition) is 2. The molecular weight excluding hydrogens is 388 g/mol. The van der Waals surface area contributed by atoms with Gasteiger partial charge in [0.2, 0.25) is 10.0 Å². The van der Waals surface area contributed by atoms with Crippen molar-refractivity contribution in [3.8, 4) is 0 Å². The molecule has 0 aliphatic carbocycles. The summed E-state index contributed by atoms with van der Waals surface area (Å²) in [6.07, 6.45) is -0.166. The molecule has 0 fully saturated rings. The average Bonchev–Trinajstić information content (AvgIpc) is 3.16. The van der Waals surface area contributed by atoms with Crippen LogP contribution in [-0.2, 0) is 24.3 Å². The Balaban J connectivity index is 1.75. The van der Waals surface area contributed by atoms with Gasteiger partial charge in [-0.25, -0.2) is 13.1 Å². The first-order chi connectivity index (χ1) is 12.8. The highest BCUT2D eigenvalue weighted by atomic mass is 32.2. The predicted octanol–water partition coefficient (Wildman–Crippen LogP) is 2.72. The highest BCUT2D eigenvalue weighted by molar-refractivity contribution is 7.91. The summed E-state index contributed by atoms with van der Waals surface area (Å²) in [5, 5.41) is 4.37. The molecule has 0 spiro atoms. The minimum Gasteiger partial charge on any atom is -0.456 e. The van der Waals surface area contributed by atoms with Gasteiger partial charge in [0.15, 0.2) is 6.61 Å². The summed E-state index contributed by atoms with van der Waals surface area (Å²) in [5.74, 6) is -0.868. The average molecular weight is 411 g/mol. The summed E-state index contributed by atoms with van der Waals surface area (Å²) in [5.41, 5.74) is 1.66. The van der Waals surface area contributed by atoms with Crippen LogP contribution in [0.1, 0.15) is 31.7 Å². The van der Waals surface area contributed by atoms with Gasteiger partial charge < -0.3 is 10.1 Å². The van der Waals surface area contributed by atoms with Crippen molar-refractivity contribution in [2.75, 3.05) is 18.5 Å². The molecule has 2 aromatic rings. The molecular formula is C18H22N2O5S2. The number of hydrogen-bond acceptors (Lipinski definition) is 6. The molecule has 0 unspecified atom stereocenters. The number of rotatable bonds is 9. The fourth-order valence-corrected chi connectivity index (χ4v) is 4.36. The number of nitrogens with one attached hydrogen (secondary N) is 2. The summed E-state index contributed by atoms with van der Waals surface area (Å²) >= 11 is 1.09. The number of carbonyl (C=O) groups is 2. The molecule has 146 valence electrons. The van der Waals surface area contributed by atoms with Crippen LogP contribution < -0.4 is 10.0 Å². The van der Waals surface area contributed by atoms with Crippen LogP contribution in [0, 0.1) is 0 Å². The van der Waals surface area contributed by atoms with E-state index >= 15 is 0 Å². The lowest BCUT2D eigenvalue weighted by atomic mass is 10.0. The largest absolute Gasteiger partial charge is 0.456 e. The van der Waals surface area contributed by atoms with Gasteiger partial charge in [-0.05, 0) is 29.0 Å². The minimum absolute atomic E-state index is 0.100. The van der Waals surface area contributed by atoms with Gasteiger partial charge in [0.05, 0.1) is 6.42 Å². The first-order valence-corrected chi connectivity index (χ1v) is 10.7. The molecule has 0 atom stereocenters. The summed E-state index contributed by atoms with van der Waals surface area (Å²) in [6, 6.07) is 10.5. The quantitative estimate of drug-likeness (QED) is 0.619. The molecule has 1 heterocycles. The number of amides is 1. The van der Waals surface area contributed by atoms with Crippen molar-refractivity contribution >= 4 is 38.9 Å². The molecule has 1 aromatic heterocycles. The van der Waals surface area contributed by atoms with E-state index in [4.69, 9.17) is 4.74 Å². The topological polar surface area (TPSA) is 102 Å². The highest BCUT2D eigenvalue weighted by Gasteiger charge is 2.16. The number of para-hydroxylation sites is 1. The van der Waals surface area contributed by atoms with Crippen LogP contribution in [0.5, 0.6) is 0 Å². The molecule has 1 aromatic carbocycles. The van der Waals surface area contributed by atoms with Gasteiger partial charge in [-0.2, -0.15) is 0 Å². The van der Waals surface area contributed by atoms with Crippen LogP contribution in [0.3, 0.4) is 0 Å². The van der Waals surface area contributed by atoms with Crippen molar-refractivity contribution in [2.24, 2.45) is 0 Å². The lowest BCUT2D eigenvalue weighted by Gasteiger charge is -2.13. The van der Waals surface area contributed by atoms with Crippen LogP contribution in [0.4, 0.5) is 5.69 Å².